The fourth-order valence-electron chi connectivity index (χ4n) is 2.35. The minimum atomic E-state index is -4.38. The van der Waals surface area contributed by atoms with Crippen LogP contribution >= 0.6 is 11.8 Å². The number of esters is 1. The summed E-state index contributed by atoms with van der Waals surface area (Å²) in [6, 6.07) is 0.631. The van der Waals surface area contributed by atoms with E-state index in [4.69, 9.17) is 22.8 Å². The van der Waals surface area contributed by atoms with Gasteiger partial charge in [-0.25, -0.2) is 8.42 Å². The second-order valence-corrected chi connectivity index (χ2v) is 12.5. The van der Waals surface area contributed by atoms with E-state index in [-0.39, 0.29) is 58.0 Å². The maximum absolute atomic E-state index is 11.7. The molecule has 0 fully saturated rings. The van der Waals surface area contributed by atoms with E-state index in [9.17, 15) is 22.9 Å². The Bertz CT molecular complexity index is 575. The quantitative estimate of drug-likeness (QED) is 0.0681. The Hall–Kier alpha value is 1.34. The fourth-order valence-corrected chi connectivity index (χ4v) is 5.28. The molecule has 0 aliphatic rings. The minimum Gasteiger partial charge on any atom is -0.748 e. The maximum Gasteiger partial charge on any atom is 1.00 e. The topological polar surface area (TPSA) is 153 Å². The number of carbonyl (C=O) groups excluding carboxylic acids is 1. The number of aliphatic hydroxyl groups excluding tert-OH is 1. The van der Waals surface area contributed by atoms with Crippen LogP contribution in [0.15, 0.2) is 0 Å². The van der Waals surface area contributed by atoms with E-state index in [0.29, 0.717) is 37.9 Å². The average molecular weight is 546 g/mol. The van der Waals surface area contributed by atoms with E-state index in [1.165, 1.54) is 11.8 Å². The summed E-state index contributed by atoms with van der Waals surface area (Å²) in [5.41, 5.74) is 0. The van der Waals surface area contributed by atoms with E-state index in [1.807, 2.05) is 0 Å². The molecule has 0 aliphatic heterocycles. The smallest absolute Gasteiger partial charge is 0.748 e. The van der Waals surface area contributed by atoms with Crippen LogP contribution in [-0.2, 0) is 37.7 Å². The molecule has 0 spiro atoms. The predicted molar refractivity (Wildman–Crippen MR) is 118 cm³/mol. The van der Waals surface area contributed by atoms with Crippen LogP contribution in [-0.4, -0.2) is 110 Å². The molecular weight excluding hydrogens is 510 g/mol. The molecule has 2 N–H and O–H groups in total. The van der Waals surface area contributed by atoms with Gasteiger partial charge in [0.1, 0.15) is 6.61 Å². The SMILES string of the molecule is CO[Si](CCCOCC(O)CNCCSCC(C)C(=O)OCCS(=O)(=O)[O-])(OC)OC.[K+]. The molecule has 0 aromatic rings. The van der Waals surface area contributed by atoms with Crippen molar-refractivity contribution < 1.29 is 97.0 Å². The van der Waals surface area contributed by atoms with Gasteiger partial charge in [0.25, 0.3) is 0 Å². The molecule has 0 heterocycles. The van der Waals surface area contributed by atoms with Crippen molar-refractivity contribution in [1.29, 1.82) is 0 Å². The van der Waals surface area contributed by atoms with Gasteiger partial charge >= 0.3 is 66.2 Å². The van der Waals surface area contributed by atoms with Crippen LogP contribution < -0.4 is 56.7 Å². The van der Waals surface area contributed by atoms with Gasteiger partial charge < -0.3 is 37.7 Å². The molecule has 0 saturated carbocycles. The largest absolute Gasteiger partial charge is 1.00 e. The second-order valence-electron chi connectivity index (χ2n) is 6.74. The Morgan fingerprint density at radius 2 is 1.81 bits per heavy atom. The molecule has 0 radical (unpaired) electrons. The number of thioether (sulfide) groups is 1. The van der Waals surface area contributed by atoms with Gasteiger partial charge in [0, 0.05) is 58.6 Å². The number of aliphatic hydroxyl groups is 1. The van der Waals surface area contributed by atoms with Crippen molar-refractivity contribution in [3.05, 3.63) is 0 Å². The molecule has 15 heteroatoms. The zero-order chi connectivity index (χ0) is 23.8. The number of rotatable bonds is 20. The van der Waals surface area contributed by atoms with Crippen LogP contribution in [0.3, 0.4) is 0 Å². The molecule has 11 nitrogen and oxygen atoms in total. The van der Waals surface area contributed by atoms with E-state index in [2.05, 4.69) is 5.32 Å². The molecule has 0 aliphatic carbocycles. The molecule has 0 aromatic heterocycles. The molecule has 0 amide bonds. The first-order valence-corrected chi connectivity index (χ1v) is 14.6. The summed E-state index contributed by atoms with van der Waals surface area (Å²) < 4.78 is 57.6. The monoisotopic (exact) mass is 545 g/mol. The van der Waals surface area contributed by atoms with E-state index in [0.717, 1.165) is 5.75 Å². The molecule has 32 heavy (non-hydrogen) atoms. The first-order chi connectivity index (χ1) is 14.6. The Balaban J connectivity index is 0. The summed E-state index contributed by atoms with van der Waals surface area (Å²) in [6.45, 7) is 2.95. The predicted octanol–water partition coefficient (Wildman–Crippen LogP) is -3.32. The molecule has 186 valence electrons. The summed E-state index contributed by atoms with van der Waals surface area (Å²) >= 11 is 1.53. The summed E-state index contributed by atoms with van der Waals surface area (Å²) in [4.78, 5) is 11.7. The first-order valence-electron chi connectivity index (χ1n) is 9.89. The molecule has 2 atom stereocenters. The van der Waals surface area contributed by atoms with Crippen molar-refractivity contribution in [2.45, 2.75) is 25.5 Å². The van der Waals surface area contributed by atoms with Crippen LogP contribution in [0.2, 0.25) is 6.04 Å². The second kappa shape index (κ2) is 20.5. The summed E-state index contributed by atoms with van der Waals surface area (Å²) in [5, 5.41) is 13.0. The number of hydrogen-bond acceptors (Lipinski definition) is 12. The van der Waals surface area contributed by atoms with Gasteiger partial charge in [-0.2, -0.15) is 11.8 Å². The summed E-state index contributed by atoms with van der Waals surface area (Å²) in [6.07, 6.45) is 0.0664. The zero-order valence-corrected chi connectivity index (χ0v) is 25.4. The molecule has 0 bridgehead atoms. The Morgan fingerprint density at radius 1 is 1.19 bits per heavy atom. The van der Waals surface area contributed by atoms with E-state index in [1.54, 1.807) is 28.3 Å². The van der Waals surface area contributed by atoms with Gasteiger partial charge in [0.15, 0.2) is 0 Å². The van der Waals surface area contributed by atoms with Crippen LogP contribution in [0.5, 0.6) is 0 Å². The number of ether oxygens (including phenoxy) is 2. The summed E-state index contributed by atoms with van der Waals surface area (Å²) in [5.74, 6) is -0.430. The minimum absolute atomic E-state index is 0. The van der Waals surface area contributed by atoms with Gasteiger partial charge in [-0.1, -0.05) is 6.92 Å². The third kappa shape index (κ3) is 18.6. The third-order valence-electron chi connectivity index (χ3n) is 4.17. The van der Waals surface area contributed by atoms with Gasteiger partial charge in [-0.05, 0) is 6.42 Å². The van der Waals surface area contributed by atoms with Crippen LogP contribution in [0.25, 0.3) is 0 Å². The van der Waals surface area contributed by atoms with Gasteiger partial charge in [-0.15, -0.1) is 0 Å². The van der Waals surface area contributed by atoms with Crippen molar-refractivity contribution >= 4 is 36.7 Å². The normalized spacial score (nSPS) is 13.9. The average Bonchev–Trinajstić information content (AvgIpc) is 2.72. The van der Waals surface area contributed by atoms with Crippen LogP contribution in [0.4, 0.5) is 0 Å². The third-order valence-corrected chi connectivity index (χ3v) is 8.89. The first kappa shape index (κ1) is 35.5. The number of nitrogens with one attached hydrogen (secondary N) is 1. The van der Waals surface area contributed by atoms with Gasteiger partial charge in [0.05, 0.1) is 34.5 Å². The van der Waals surface area contributed by atoms with Gasteiger partial charge in [0.2, 0.25) is 0 Å². The zero-order valence-electron chi connectivity index (χ0n) is 19.7. The Labute approximate surface area is 239 Å². The molecule has 2 unspecified atom stereocenters. The van der Waals surface area contributed by atoms with Gasteiger partial charge in [-0.3, -0.25) is 4.79 Å². The number of carbonyl (C=O) groups is 1. The van der Waals surface area contributed by atoms with Crippen molar-refractivity contribution in [3.8, 4) is 0 Å². The standard InChI is InChI=1S/C17H37NO10S2Si.K/c1-15(17(20)28-8-10-30(21,22)23)14-29-9-6-18-12-16(19)13-27-7-5-11-31(24-2,25-3)26-4;/h15-16,18-19H,5-14H2,1-4H3,(H,21,22,23);/q;+1/p-1. The molecule has 0 rings (SSSR count). The van der Waals surface area contributed by atoms with Crippen molar-refractivity contribution in [1.82, 2.24) is 5.32 Å². The fraction of sp³-hybridized carbons (Fsp3) is 0.941. The Kier molecular flexibility index (Phi) is 22.8. The van der Waals surface area contributed by atoms with Crippen LogP contribution in [0.1, 0.15) is 13.3 Å². The number of hydrogen-bond donors (Lipinski definition) is 2. The maximum atomic E-state index is 11.7. The van der Waals surface area contributed by atoms with Crippen molar-refractivity contribution in [2.75, 3.05) is 71.5 Å². The van der Waals surface area contributed by atoms with Crippen molar-refractivity contribution in [3.63, 3.8) is 0 Å². The van der Waals surface area contributed by atoms with E-state index < -0.39 is 49.3 Å². The molecular formula is C17H36KNO10S2Si. The van der Waals surface area contributed by atoms with Crippen LogP contribution in [0, 0.1) is 5.92 Å². The Morgan fingerprint density at radius 3 is 2.38 bits per heavy atom. The van der Waals surface area contributed by atoms with E-state index >= 15 is 0 Å². The molecule has 0 saturated heterocycles. The summed E-state index contributed by atoms with van der Waals surface area (Å²) in [7, 11) is -2.28. The van der Waals surface area contributed by atoms with Crippen molar-refractivity contribution in [2.24, 2.45) is 5.92 Å². The molecule has 0 aromatic carbocycles.